The second-order valence-electron chi connectivity index (χ2n) is 6.06. The van der Waals surface area contributed by atoms with Crippen molar-refractivity contribution >= 4 is 29.7 Å². The highest BCUT2D eigenvalue weighted by Crippen LogP contribution is 2.15. The first-order valence-electron chi connectivity index (χ1n) is 8.29. The third kappa shape index (κ3) is 4.61. The molecule has 2 aliphatic rings. The Balaban J connectivity index is 1.40. The Hall–Kier alpha value is -1.79. The smallest absolute Gasteiger partial charge is 0.242 e. The van der Waals surface area contributed by atoms with Gasteiger partial charge < -0.3 is 9.80 Å². The fourth-order valence-electron chi connectivity index (χ4n) is 2.89. The molecule has 0 radical (unpaired) electrons. The van der Waals surface area contributed by atoms with Crippen molar-refractivity contribution in [2.75, 3.05) is 50.9 Å². The minimum absolute atomic E-state index is 0.0744. The molecule has 2 saturated heterocycles. The number of carbonyl (C=O) groups is 2. The normalized spacial score (nSPS) is 19.4. The van der Waals surface area contributed by atoms with Crippen molar-refractivity contribution in [3.05, 3.63) is 42.0 Å². The molecule has 2 aliphatic heterocycles. The highest BCUT2D eigenvalue weighted by atomic mass is 32.2. The summed E-state index contributed by atoms with van der Waals surface area (Å²) in [6, 6.07) is 10.3. The molecule has 0 aliphatic carbocycles. The van der Waals surface area contributed by atoms with E-state index in [1.54, 1.807) is 16.7 Å². The van der Waals surface area contributed by atoms with E-state index in [1.807, 2.05) is 23.1 Å². The van der Waals surface area contributed by atoms with E-state index in [1.165, 1.54) is 5.56 Å². The van der Waals surface area contributed by atoms with E-state index in [-0.39, 0.29) is 18.4 Å². The highest BCUT2D eigenvalue weighted by molar-refractivity contribution is 8.00. The summed E-state index contributed by atoms with van der Waals surface area (Å²) in [4.78, 5) is 29.8. The maximum Gasteiger partial charge on any atom is 0.242 e. The van der Waals surface area contributed by atoms with Crippen LogP contribution in [0.25, 0.3) is 6.08 Å². The van der Waals surface area contributed by atoms with E-state index < -0.39 is 0 Å². The van der Waals surface area contributed by atoms with Gasteiger partial charge in [0.2, 0.25) is 11.8 Å². The predicted molar refractivity (Wildman–Crippen MR) is 97.5 cm³/mol. The fraction of sp³-hybridized carbons (Fsp3) is 0.444. The summed E-state index contributed by atoms with van der Waals surface area (Å²) >= 11 is 1.58. The molecule has 0 aromatic heterocycles. The SMILES string of the molecule is O=C(CN1CSCC1=O)N1CCN(C/C=C/c2ccccc2)CC1. The molecule has 1 aromatic rings. The standard InChI is InChI=1S/C18H23N3O2S/c22-17(13-21-15-24-14-18(21)23)20-11-9-19(10-12-20)8-4-7-16-5-2-1-3-6-16/h1-7H,8-15H2/b7-4+. The lowest BCUT2D eigenvalue weighted by Gasteiger charge is -2.34. The van der Waals surface area contributed by atoms with Crippen LogP contribution >= 0.6 is 11.8 Å². The van der Waals surface area contributed by atoms with Crippen LogP contribution in [0.2, 0.25) is 0 Å². The summed E-state index contributed by atoms with van der Waals surface area (Å²) in [5.41, 5.74) is 1.21. The summed E-state index contributed by atoms with van der Waals surface area (Å²) in [6.45, 7) is 4.39. The second kappa shape index (κ2) is 8.35. The van der Waals surface area contributed by atoms with Gasteiger partial charge in [-0.05, 0) is 5.56 Å². The number of hydrogen-bond donors (Lipinski definition) is 0. The molecule has 2 fully saturated rings. The highest BCUT2D eigenvalue weighted by Gasteiger charge is 2.26. The van der Waals surface area contributed by atoms with Crippen LogP contribution in [0.15, 0.2) is 36.4 Å². The van der Waals surface area contributed by atoms with Crippen molar-refractivity contribution in [1.82, 2.24) is 14.7 Å². The summed E-state index contributed by atoms with van der Waals surface area (Å²) in [5.74, 6) is 1.31. The molecule has 2 heterocycles. The van der Waals surface area contributed by atoms with Crippen molar-refractivity contribution in [2.45, 2.75) is 0 Å². The Morgan fingerprint density at radius 1 is 1.12 bits per heavy atom. The van der Waals surface area contributed by atoms with E-state index in [2.05, 4.69) is 29.2 Å². The molecule has 0 spiro atoms. The summed E-state index contributed by atoms with van der Waals surface area (Å²) in [5, 5.41) is 0. The Morgan fingerprint density at radius 2 is 1.88 bits per heavy atom. The van der Waals surface area contributed by atoms with Gasteiger partial charge in [-0.15, -0.1) is 11.8 Å². The van der Waals surface area contributed by atoms with Gasteiger partial charge in [0.1, 0.15) is 6.54 Å². The first-order valence-corrected chi connectivity index (χ1v) is 9.45. The lowest BCUT2D eigenvalue weighted by Crippen LogP contribution is -2.51. The number of thioether (sulfide) groups is 1. The van der Waals surface area contributed by atoms with Crippen molar-refractivity contribution in [3.8, 4) is 0 Å². The largest absolute Gasteiger partial charge is 0.339 e. The van der Waals surface area contributed by atoms with Gasteiger partial charge in [-0.1, -0.05) is 42.5 Å². The molecule has 1 aromatic carbocycles. The van der Waals surface area contributed by atoms with Crippen LogP contribution < -0.4 is 0 Å². The van der Waals surface area contributed by atoms with Gasteiger partial charge in [0.05, 0.1) is 11.6 Å². The van der Waals surface area contributed by atoms with Crippen molar-refractivity contribution in [3.63, 3.8) is 0 Å². The zero-order valence-corrected chi connectivity index (χ0v) is 14.6. The van der Waals surface area contributed by atoms with Crippen LogP contribution in [0, 0.1) is 0 Å². The maximum absolute atomic E-state index is 12.3. The van der Waals surface area contributed by atoms with E-state index in [4.69, 9.17) is 0 Å². The van der Waals surface area contributed by atoms with Crippen LogP contribution in [-0.4, -0.2) is 77.4 Å². The first-order chi connectivity index (χ1) is 11.7. The zero-order chi connectivity index (χ0) is 16.8. The average molecular weight is 345 g/mol. The number of amides is 2. The number of piperazine rings is 1. The summed E-state index contributed by atoms with van der Waals surface area (Å²) in [6.07, 6.45) is 4.31. The van der Waals surface area contributed by atoms with E-state index in [0.29, 0.717) is 11.6 Å². The lowest BCUT2D eigenvalue weighted by atomic mass is 10.2. The van der Waals surface area contributed by atoms with Gasteiger partial charge in [-0.2, -0.15) is 0 Å². The molecule has 2 amide bonds. The molecule has 0 unspecified atom stereocenters. The monoisotopic (exact) mass is 345 g/mol. The third-order valence-corrected chi connectivity index (χ3v) is 5.30. The first kappa shape index (κ1) is 17.0. The van der Waals surface area contributed by atoms with E-state index in [9.17, 15) is 9.59 Å². The predicted octanol–water partition coefficient (Wildman–Crippen LogP) is 1.38. The van der Waals surface area contributed by atoms with Crippen LogP contribution in [0.3, 0.4) is 0 Å². The number of benzene rings is 1. The van der Waals surface area contributed by atoms with Crippen LogP contribution in [0.5, 0.6) is 0 Å². The molecule has 5 nitrogen and oxygen atoms in total. The Labute approximate surface area is 147 Å². The van der Waals surface area contributed by atoms with Crippen LogP contribution in [-0.2, 0) is 9.59 Å². The van der Waals surface area contributed by atoms with Gasteiger partial charge in [0.15, 0.2) is 0 Å². The van der Waals surface area contributed by atoms with Crippen LogP contribution in [0.4, 0.5) is 0 Å². The Bertz CT molecular complexity index is 598. The Morgan fingerprint density at radius 3 is 2.54 bits per heavy atom. The van der Waals surface area contributed by atoms with Gasteiger partial charge >= 0.3 is 0 Å². The molecule has 0 N–H and O–H groups in total. The number of carbonyl (C=O) groups excluding carboxylic acids is 2. The Kier molecular flexibility index (Phi) is 5.93. The van der Waals surface area contributed by atoms with Gasteiger partial charge in [-0.25, -0.2) is 0 Å². The van der Waals surface area contributed by atoms with Crippen molar-refractivity contribution < 1.29 is 9.59 Å². The van der Waals surface area contributed by atoms with Crippen LogP contribution in [0.1, 0.15) is 5.56 Å². The summed E-state index contributed by atoms with van der Waals surface area (Å²) in [7, 11) is 0. The molecule has 0 atom stereocenters. The molecule has 128 valence electrons. The van der Waals surface area contributed by atoms with Crippen molar-refractivity contribution in [2.24, 2.45) is 0 Å². The van der Waals surface area contributed by atoms with Crippen molar-refractivity contribution in [1.29, 1.82) is 0 Å². The van der Waals surface area contributed by atoms with Gasteiger partial charge in [0, 0.05) is 32.7 Å². The summed E-state index contributed by atoms with van der Waals surface area (Å²) < 4.78 is 0. The van der Waals surface area contributed by atoms with Gasteiger partial charge in [0.25, 0.3) is 0 Å². The average Bonchev–Trinajstić information content (AvgIpc) is 3.01. The molecule has 3 rings (SSSR count). The minimum Gasteiger partial charge on any atom is -0.339 e. The maximum atomic E-state index is 12.3. The fourth-order valence-corrected chi connectivity index (χ4v) is 3.79. The molecule has 24 heavy (non-hydrogen) atoms. The topological polar surface area (TPSA) is 43.9 Å². The van der Waals surface area contributed by atoms with E-state index in [0.717, 1.165) is 32.7 Å². The lowest BCUT2D eigenvalue weighted by molar-refractivity contribution is -0.139. The number of rotatable bonds is 5. The minimum atomic E-state index is 0.0744. The molecule has 0 bridgehead atoms. The molecule has 6 heteroatoms. The van der Waals surface area contributed by atoms with E-state index >= 15 is 0 Å². The molecular weight excluding hydrogens is 322 g/mol. The quantitative estimate of drug-likeness (QED) is 0.809. The number of nitrogens with zero attached hydrogens (tertiary/aromatic N) is 3. The molecular formula is C18H23N3O2S. The van der Waals surface area contributed by atoms with Gasteiger partial charge in [-0.3, -0.25) is 14.5 Å². The molecule has 0 saturated carbocycles. The third-order valence-electron chi connectivity index (χ3n) is 4.35. The number of hydrogen-bond acceptors (Lipinski definition) is 4. The second-order valence-corrected chi connectivity index (χ2v) is 7.02. The zero-order valence-electron chi connectivity index (χ0n) is 13.8.